The molecule has 0 radical (unpaired) electrons. The molecule has 0 fully saturated rings. The van der Waals surface area contributed by atoms with Crippen LogP contribution in [0.15, 0.2) is 59.7 Å². The van der Waals surface area contributed by atoms with Gasteiger partial charge in [-0.2, -0.15) is 0 Å². The summed E-state index contributed by atoms with van der Waals surface area (Å²) in [6, 6.07) is 14.9. The summed E-state index contributed by atoms with van der Waals surface area (Å²) < 4.78 is 1.58. The fourth-order valence-electron chi connectivity index (χ4n) is 2.08. The predicted octanol–water partition coefficient (Wildman–Crippen LogP) is 2.03. The van der Waals surface area contributed by atoms with Crippen molar-refractivity contribution in [3.63, 3.8) is 0 Å². The van der Waals surface area contributed by atoms with E-state index in [0.29, 0.717) is 23.1 Å². The van der Waals surface area contributed by atoms with E-state index >= 15 is 0 Å². The Morgan fingerprint density at radius 2 is 1.79 bits per heavy atom. The molecule has 4 heteroatoms. The van der Waals surface area contributed by atoms with Crippen LogP contribution in [0, 0.1) is 0 Å². The summed E-state index contributed by atoms with van der Waals surface area (Å²) in [6.45, 7) is 0.434. The summed E-state index contributed by atoms with van der Waals surface area (Å²) in [5.74, 6) is 0. The molecule has 0 aliphatic heterocycles. The van der Waals surface area contributed by atoms with E-state index in [9.17, 15) is 4.79 Å². The molecule has 4 nitrogen and oxygen atoms in total. The molecular weight excluding hydrogens is 238 g/mol. The number of aromatic nitrogens is 2. The van der Waals surface area contributed by atoms with Gasteiger partial charge in [0.1, 0.15) is 0 Å². The highest BCUT2D eigenvalue weighted by Crippen LogP contribution is 2.12. The maximum Gasteiger partial charge on any atom is 0.261 e. The van der Waals surface area contributed by atoms with E-state index in [1.54, 1.807) is 17.0 Å². The van der Waals surface area contributed by atoms with E-state index < -0.39 is 0 Å². The zero-order valence-corrected chi connectivity index (χ0v) is 10.3. The third-order valence-electron chi connectivity index (χ3n) is 3.13. The Hall–Kier alpha value is -2.62. The number of nitrogens with zero attached hydrogens (tertiary/aromatic N) is 2. The molecule has 0 unspecified atom stereocenters. The van der Waals surface area contributed by atoms with Crippen LogP contribution in [0.4, 0.5) is 5.69 Å². The van der Waals surface area contributed by atoms with Gasteiger partial charge in [-0.25, -0.2) is 4.98 Å². The molecule has 2 aromatic carbocycles. The molecule has 0 saturated carbocycles. The number of nitrogens with two attached hydrogens (primary N) is 1. The van der Waals surface area contributed by atoms with Gasteiger partial charge in [0.25, 0.3) is 5.56 Å². The van der Waals surface area contributed by atoms with Crippen LogP contribution in [-0.2, 0) is 6.54 Å². The predicted molar refractivity (Wildman–Crippen MR) is 76.0 cm³/mol. The number of fused-ring (bicyclic) bond motifs is 1. The summed E-state index contributed by atoms with van der Waals surface area (Å²) >= 11 is 0. The maximum absolute atomic E-state index is 12.3. The summed E-state index contributed by atoms with van der Waals surface area (Å²) in [7, 11) is 0. The lowest BCUT2D eigenvalue weighted by molar-refractivity contribution is 0.750. The van der Waals surface area contributed by atoms with Crippen LogP contribution in [0.2, 0.25) is 0 Å². The number of para-hydroxylation sites is 2. The summed E-state index contributed by atoms with van der Waals surface area (Å²) in [5, 5.41) is 0.625. The van der Waals surface area contributed by atoms with Gasteiger partial charge in [-0.1, -0.05) is 30.3 Å². The zero-order chi connectivity index (χ0) is 13.2. The molecule has 0 aliphatic rings. The van der Waals surface area contributed by atoms with Crippen LogP contribution in [0.25, 0.3) is 10.9 Å². The van der Waals surface area contributed by atoms with Crippen molar-refractivity contribution in [1.82, 2.24) is 9.55 Å². The molecule has 1 heterocycles. The lowest BCUT2D eigenvalue weighted by Gasteiger charge is -2.08. The molecule has 94 valence electrons. The first-order valence-corrected chi connectivity index (χ1v) is 6.03. The van der Waals surface area contributed by atoms with E-state index in [1.165, 1.54) is 0 Å². The van der Waals surface area contributed by atoms with Gasteiger partial charge in [-0.05, 0) is 23.8 Å². The topological polar surface area (TPSA) is 60.9 Å². The summed E-state index contributed by atoms with van der Waals surface area (Å²) in [5.41, 5.74) is 8.16. The largest absolute Gasteiger partial charge is 0.398 e. The van der Waals surface area contributed by atoms with Gasteiger partial charge in [0, 0.05) is 5.69 Å². The number of hydrogen-bond donors (Lipinski definition) is 1. The van der Waals surface area contributed by atoms with Crippen molar-refractivity contribution in [2.75, 3.05) is 5.73 Å². The van der Waals surface area contributed by atoms with E-state index in [1.807, 2.05) is 42.5 Å². The Morgan fingerprint density at radius 3 is 2.63 bits per heavy atom. The summed E-state index contributed by atoms with van der Waals surface area (Å²) in [6.07, 6.45) is 1.57. The third kappa shape index (κ3) is 2.08. The second-order valence-electron chi connectivity index (χ2n) is 4.39. The van der Waals surface area contributed by atoms with E-state index in [-0.39, 0.29) is 5.56 Å². The minimum absolute atomic E-state index is 0.0474. The maximum atomic E-state index is 12.3. The van der Waals surface area contributed by atoms with Crippen molar-refractivity contribution in [3.8, 4) is 0 Å². The van der Waals surface area contributed by atoms with Gasteiger partial charge in [-0.15, -0.1) is 0 Å². The second-order valence-corrected chi connectivity index (χ2v) is 4.39. The standard InChI is InChI=1S/C15H13N3O/c16-13-7-3-1-5-11(13)9-18-10-17-14-8-4-2-6-12(14)15(18)19/h1-8,10H,9,16H2. The SMILES string of the molecule is Nc1ccccc1Cn1cnc2ccccc2c1=O. The molecule has 0 spiro atoms. The molecule has 19 heavy (non-hydrogen) atoms. The van der Waals surface area contributed by atoms with Gasteiger partial charge in [-0.3, -0.25) is 9.36 Å². The number of nitrogen functional groups attached to an aromatic ring is 1. The number of anilines is 1. The fraction of sp³-hybridized carbons (Fsp3) is 0.0667. The quantitative estimate of drug-likeness (QED) is 0.709. The Labute approximate surface area is 110 Å². The molecule has 2 N–H and O–H groups in total. The molecule has 1 aromatic heterocycles. The summed E-state index contributed by atoms with van der Waals surface area (Å²) in [4.78, 5) is 16.6. The first kappa shape index (κ1) is 11.5. The van der Waals surface area contributed by atoms with Crippen molar-refractivity contribution < 1.29 is 0 Å². The molecule has 3 rings (SSSR count). The van der Waals surface area contributed by atoms with Crippen LogP contribution < -0.4 is 11.3 Å². The highest BCUT2D eigenvalue weighted by Gasteiger charge is 2.05. The van der Waals surface area contributed by atoms with Crippen LogP contribution in [-0.4, -0.2) is 9.55 Å². The normalized spacial score (nSPS) is 10.7. The highest BCUT2D eigenvalue weighted by molar-refractivity contribution is 5.76. The van der Waals surface area contributed by atoms with Gasteiger partial charge >= 0.3 is 0 Å². The van der Waals surface area contributed by atoms with Crippen molar-refractivity contribution >= 4 is 16.6 Å². The Bertz CT molecular complexity index is 792. The molecule has 0 bridgehead atoms. The van der Waals surface area contributed by atoms with Gasteiger partial charge in [0.2, 0.25) is 0 Å². The van der Waals surface area contributed by atoms with Crippen LogP contribution in [0.1, 0.15) is 5.56 Å². The minimum Gasteiger partial charge on any atom is -0.398 e. The average molecular weight is 251 g/mol. The molecule has 3 aromatic rings. The van der Waals surface area contributed by atoms with Gasteiger partial charge in [0.15, 0.2) is 0 Å². The number of benzene rings is 2. The highest BCUT2D eigenvalue weighted by atomic mass is 16.1. The van der Waals surface area contributed by atoms with Crippen LogP contribution in [0.5, 0.6) is 0 Å². The lowest BCUT2D eigenvalue weighted by Crippen LogP contribution is -2.21. The molecule has 0 amide bonds. The monoisotopic (exact) mass is 251 g/mol. The van der Waals surface area contributed by atoms with Crippen molar-refractivity contribution in [3.05, 3.63) is 70.8 Å². The Balaban J connectivity index is 2.10. The van der Waals surface area contributed by atoms with Crippen molar-refractivity contribution in [2.24, 2.45) is 0 Å². The lowest BCUT2D eigenvalue weighted by atomic mass is 10.2. The number of rotatable bonds is 2. The second kappa shape index (κ2) is 4.57. The van der Waals surface area contributed by atoms with Crippen LogP contribution >= 0.6 is 0 Å². The first-order valence-electron chi connectivity index (χ1n) is 6.03. The van der Waals surface area contributed by atoms with Crippen molar-refractivity contribution in [1.29, 1.82) is 0 Å². The molecule has 0 aliphatic carbocycles. The molecule has 0 saturated heterocycles. The third-order valence-corrected chi connectivity index (χ3v) is 3.13. The Kier molecular flexibility index (Phi) is 2.76. The van der Waals surface area contributed by atoms with Crippen LogP contribution in [0.3, 0.4) is 0 Å². The van der Waals surface area contributed by atoms with E-state index in [0.717, 1.165) is 5.56 Å². The Morgan fingerprint density at radius 1 is 1.05 bits per heavy atom. The number of hydrogen-bond acceptors (Lipinski definition) is 3. The van der Waals surface area contributed by atoms with Gasteiger partial charge in [0.05, 0.1) is 23.8 Å². The zero-order valence-electron chi connectivity index (χ0n) is 10.3. The minimum atomic E-state index is -0.0474. The van der Waals surface area contributed by atoms with Gasteiger partial charge < -0.3 is 5.73 Å². The van der Waals surface area contributed by atoms with Crippen molar-refractivity contribution in [2.45, 2.75) is 6.54 Å². The fourth-order valence-corrected chi connectivity index (χ4v) is 2.08. The smallest absolute Gasteiger partial charge is 0.261 e. The molecule has 0 atom stereocenters. The van der Waals surface area contributed by atoms with E-state index in [4.69, 9.17) is 5.73 Å². The van der Waals surface area contributed by atoms with E-state index in [2.05, 4.69) is 4.98 Å². The average Bonchev–Trinajstić information content (AvgIpc) is 2.44. The molecular formula is C15H13N3O. The first-order chi connectivity index (χ1) is 9.25.